The van der Waals surface area contributed by atoms with E-state index in [1.807, 2.05) is 12.5 Å². The lowest BCUT2D eigenvalue weighted by Gasteiger charge is -2.12. The van der Waals surface area contributed by atoms with Gasteiger partial charge in [-0.2, -0.15) is 0 Å². The van der Waals surface area contributed by atoms with Crippen LogP contribution in [0.5, 0.6) is 0 Å². The van der Waals surface area contributed by atoms with E-state index in [9.17, 15) is 0 Å². The zero-order valence-corrected chi connectivity index (χ0v) is 12.4. The largest absolute Gasteiger partial charge is 0.334 e. The van der Waals surface area contributed by atoms with Crippen LogP contribution in [0.15, 0.2) is 17.7 Å². The summed E-state index contributed by atoms with van der Waals surface area (Å²) in [4.78, 5) is 4.17. The molecule has 0 spiro atoms. The lowest BCUT2D eigenvalue weighted by molar-refractivity contribution is 0.526. The van der Waals surface area contributed by atoms with Gasteiger partial charge in [-0.25, -0.2) is 4.98 Å². The molecule has 2 N–H and O–H groups in total. The molecular formula is C12H20N6S. The molecule has 19 heavy (non-hydrogen) atoms. The highest BCUT2D eigenvalue weighted by Crippen LogP contribution is 2.24. The van der Waals surface area contributed by atoms with Gasteiger partial charge in [0.25, 0.3) is 0 Å². The van der Waals surface area contributed by atoms with E-state index in [1.54, 1.807) is 11.8 Å². The highest BCUT2D eigenvalue weighted by Gasteiger charge is 2.14. The number of hydrogen-bond acceptors (Lipinski definition) is 5. The minimum Gasteiger partial charge on any atom is -0.334 e. The Morgan fingerprint density at radius 1 is 1.37 bits per heavy atom. The Kier molecular flexibility index (Phi) is 4.60. The van der Waals surface area contributed by atoms with Gasteiger partial charge in [0.2, 0.25) is 0 Å². The maximum Gasteiger partial charge on any atom is 0.191 e. The van der Waals surface area contributed by atoms with E-state index in [1.165, 1.54) is 5.69 Å². The molecule has 0 saturated carbocycles. The van der Waals surface area contributed by atoms with Crippen LogP contribution in [0.25, 0.3) is 0 Å². The van der Waals surface area contributed by atoms with Gasteiger partial charge in [-0.1, -0.05) is 11.8 Å². The topological polar surface area (TPSA) is 74.6 Å². The van der Waals surface area contributed by atoms with Crippen molar-refractivity contribution in [1.82, 2.24) is 24.3 Å². The molecule has 6 nitrogen and oxygen atoms in total. The Bertz CT molecular complexity index is 530. The Hall–Kier alpha value is -1.34. The van der Waals surface area contributed by atoms with E-state index in [4.69, 9.17) is 5.73 Å². The summed E-state index contributed by atoms with van der Waals surface area (Å²) in [6.45, 7) is 7.68. The lowest BCUT2D eigenvalue weighted by Crippen LogP contribution is -2.11. The zero-order valence-electron chi connectivity index (χ0n) is 11.6. The van der Waals surface area contributed by atoms with Crippen LogP contribution in [0.1, 0.15) is 38.3 Å². The van der Waals surface area contributed by atoms with Crippen LogP contribution in [0.4, 0.5) is 0 Å². The minimum atomic E-state index is 0.312. The number of nitrogens with zero attached hydrogens (tertiary/aromatic N) is 5. The molecule has 104 valence electrons. The van der Waals surface area contributed by atoms with Gasteiger partial charge in [0.1, 0.15) is 5.82 Å². The van der Waals surface area contributed by atoms with Gasteiger partial charge in [-0.3, -0.25) is 0 Å². The average molecular weight is 280 g/mol. The van der Waals surface area contributed by atoms with Crippen molar-refractivity contribution in [3.8, 4) is 0 Å². The first-order valence-electron chi connectivity index (χ1n) is 6.43. The molecule has 0 atom stereocenters. The predicted octanol–water partition coefficient (Wildman–Crippen LogP) is 1.83. The van der Waals surface area contributed by atoms with Crippen molar-refractivity contribution in [2.45, 2.75) is 50.8 Å². The van der Waals surface area contributed by atoms with Crippen molar-refractivity contribution < 1.29 is 0 Å². The third kappa shape index (κ3) is 2.98. The summed E-state index contributed by atoms with van der Waals surface area (Å²) in [6, 6.07) is 0.312. The molecule has 0 fully saturated rings. The van der Waals surface area contributed by atoms with Gasteiger partial charge in [0.15, 0.2) is 5.16 Å². The second kappa shape index (κ2) is 6.21. The fourth-order valence-electron chi connectivity index (χ4n) is 1.96. The van der Waals surface area contributed by atoms with E-state index < -0.39 is 0 Å². The van der Waals surface area contributed by atoms with Gasteiger partial charge in [0, 0.05) is 30.2 Å². The third-order valence-electron chi connectivity index (χ3n) is 2.92. The fraction of sp³-hybridized carbons (Fsp3) is 0.583. The van der Waals surface area contributed by atoms with E-state index in [0.29, 0.717) is 12.6 Å². The van der Waals surface area contributed by atoms with E-state index in [-0.39, 0.29) is 0 Å². The molecule has 2 aromatic heterocycles. The molecule has 0 aliphatic heterocycles. The highest BCUT2D eigenvalue weighted by atomic mass is 32.2. The van der Waals surface area contributed by atoms with Crippen LogP contribution < -0.4 is 5.73 Å². The molecule has 0 amide bonds. The number of rotatable bonds is 6. The number of aryl methyl sites for hydroxylation is 1. The van der Waals surface area contributed by atoms with Crippen molar-refractivity contribution in [3.63, 3.8) is 0 Å². The monoisotopic (exact) mass is 280 g/mol. The molecule has 0 saturated heterocycles. The third-order valence-corrected chi connectivity index (χ3v) is 3.90. The Morgan fingerprint density at radius 3 is 2.79 bits per heavy atom. The van der Waals surface area contributed by atoms with Gasteiger partial charge >= 0.3 is 0 Å². The summed E-state index contributed by atoms with van der Waals surface area (Å²) in [5, 5.41) is 9.29. The Balaban J connectivity index is 2.13. The van der Waals surface area contributed by atoms with Crippen molar-refractivity contribution in [3.05, 3.63) is 24.0 Å². The maximum absolute atomic E-state index is 5.69. The molecule has 0 unspecified atom stereocenters. The number of nitrogens with two attached hydrogens (primary N) is 1. The summed E-state index contributed by atoms with van der Waals surface area (Å²) >= 11 is 1.67. The normalized spacial score (nSPS) is 11.4. The summed E-state index contributed by atoms with van der Waals surface area (Å²) in [5.74, 6) is 1.67. The first kappa shape index (κ1) is 14.1. The van der Waals surface area contributed by atoms with E-state index in [2.05, 4.69) is 45.1 Å². The number of hydrogen-bond donors (Lipinski definition) is 1. The van der Waals surface area contributed by atoms with Crippen LogP contribution in [-0.2, 0) is 18.8 Å². The Morgan fingerprint density at radius 2 is 2.16 bits per heavy atom. The zero-order chi connectivity index (χ0) is 13.8. The highest BCUT2D eigenvalue weighted by molar-refractivity contribution is 7.98. The summed E-state index contributed by atoms with van der Waals surface area (Å²) in [5.41, 5.74) is 6.89. The van der Waals surface area contributed by atoms with Crippen molar-refractivity contribution >= 4 is 11.8 Å². The SMILES string of the molecule is CCn1cncc1CSc1nnc(CN)n1C(C)C. The second-order valence-electron chi connectivity index (χ2n) is 4.53. The molecule has 0 bridgehead atoms. The number of thioether (sulfide) groups is 1. The maximum atomic E-state index is 5.69. The predicted molar refractivity (Wildman–Crippen MR) is 75.8 cm³/mol. The van der Waals surface area contributed by atoms with Gasteiger partial charge < -0.3 is 14.9 Å². The molecule has 0 radical (unpaired) electrons. The van der Waals surface area contributed by atoms with Crippen LogP contribution in [0.3, 0.4) is 0 Å². The summed E-state index contributed by atoms with van der Waals surface area (Å²) in [7, 11) is 0. The smallest absolute Gasteiger partial charge is 0.191 e. The summed E-state index contributed by atoms with van der Waals surface area (Å²) < 4.78 is 4.23. The van der Waals surface area contributed by atoms with Crippen molar-refractivity contribution in [1.29, 1.82) is 0 Å². The molecule has 2 rings (SSSR count). The Labute approximate surface area is 117 Å². The van der Waals surface area contributed by atoms with E-state index >= 15 is 0 Å². The quantitative estimate of drug-likeness (QED) is 0.817. The standard InChI is InChI=1S/C12H20N6S/c1-4-17-8-14-6-10(17)7-19-12-16-15-11(5-13)18(12)9(2)3/h6,8-9H,4-5,7,13H2,1-3H3. The first-order chi connectivity index (χ1) is 9.17. The van der Waals surface area contributed by atoms with Crippen LogP contribution >= 0.6 is 11.8 Å². The van der Waals surface area contributed by atoms with Crippen LogP contribution in [0.2, 0.25) is 0 Å². The molecule has 7 heteroatoms. The van der Waals surface area contributed by atoms with Crippen LogP contribution in [0, 0.1) is 0 Å². The average Bonchev–Trinajstić information content (AvgIpc) is 3.01. The van der Waals surface area contributed by atoms with Gasteiger partial charge in [-0.05, 0) is 20.8 Å². The molecule has 0 aromatic carbocycles. The number of aromatic nitrogens is 5. The molecule has 2 aromatic rings. The number of imidazole rings is 1. The second-order valence-corrected chi connectivity index (χ2v) is 5.47. The fourth-order valence-corrected chi connectivity index (χ4v) is 3.03. The minimum absolute atomic E-state index is 0.312. The molecular weight excluding hydrogens is 260 g/mol. The van der Waals surface area contributed by atoms with Gasteiger partial charge in [-0.15, -0.1) is 10.2 Å². The summed E-state index contributed by atoms with van der Waals surface area (Å²) in [6.07, 6.45) is 3.75. The van der Waals surface area contributed by atoms with Crippen molar-refractivity contribution in [2.24, 2.45) is 5.73 Å². The van der Waals surface area contributed by atoms with Crippen LogP contribution in [-0.4, -0.2) is 24.3 Å². The van der Waals surface area contributed by atoms with Crippen molar-refractivity contribution in [2.75, 3.05) is 0 Å². The first-order valence-corrected chi connectivity index (χ1v) is 7.41. The van der Waals surface area contributed by atoms with E-state index in [0.717, 1.165) is 23.3 Å². The lowest BCUT2D eigenvalue weighted by atomic mass is 10.4. The molecule has 0 aliphatic rings. The molecule has 2 heterocycles. The molecule has 0 aliphatic carbocycles. The van der Waals surface area contributed by atoms with Gasteiger partial charge in [0.05, 0.1) is 12.9 Å².